The van der Waals surface area contributed by atoms with E-state index in [1.54, 1.807) is 31.2 Å². The zero-order valence-corrected chi connectivity index (χ0v) is 13.8. The third-order valence-corrected chi connectivity index (χ3v) is 3.47. The summed E-state index contributed by atoms with van der Waals surface area (Å²) in [5.74, 6) is -0.0381. The molecule has 0 aliphatic carbocycles. The summed E-state index contributed by atoms with van der Waals surface area (Å²) in [6.45, 7) is 1.81. The Bertz CT molecular complexity index is 808. The van der Waals surface area contributed by atoms with Crippen molar-refractivity contribution in [2.45, 2.75) is 6.92 Å². The van der Waals surface area contributed by atoms with Crippen molar-refractivity contribution in [1.82, 2.24) is 5.32 Å². The number of aryl methyl sites for hydroxylation is 1. The Morgan fingerprint density at radius 1 is 1.25 bits per heavy atom. The number of carbonyl (C=O) groups is 1. The maximum atomic E-state index is 12.2. The number of methoxy groups -OCH3 is 1. The largest absolute Gasteiger partial charge is 0.496 e. The van der Waals surface area contributed by atoms with Gasteiger partial charge in [0.25, 0.3) is 11.6 Å². The summed E-state index contributed by atoms with van der Waals surface area (Å²) in [5.41, 5.74) is 1.23. The third kappa shape index (κ3) is 4.05. The molecule has 2 rings (SSSR count). The Kier molecular flexibility index (Phi) is 5.43. The van der Waals surface area contributed by atoms with E-state index in [-0.39, 0.29) is 22.4 Å². The van der Waals surface area contributed by atoms with E-state index < -0.39 is 4.92 Å². The monoisotopic (exact) mass is 345 g/mol. The molecule has 0 aliphatic heterocycles. The molecule has 0 spiro atoms. The number of amides is 1. The van der Waals surface area contributed by atoms with Crippen LogP contribution in [0.2, 0.25) is 0 Å². The van der Waals surface area contributed by atoms with Gasteiger partial charge in [0, 0.05) is 5.56 Å². The highest BCUT2D eigenvalue weighted by atomic mass is 32.1. The van der Waals surface area contributed by atoms with Crippen molar-refractivity contribution in [3.05, 3.63) is 63.7 Å². The average molecular weight is 345 g/mol. The van der Waals surface area contributed by atoms with Crippen molar-refractivity contribution >= 4 is 34.6 Å². The number of rotatable bonds is 4. The summed E-state index contributed by atoms with van der Waals surface area (Å²) < 4.78 is 4.97. The zero-order chi connectivity index (χ0) is 17.7. The molecule has 2 aromatic rings. The number of carbonyl (C=O) groups excluding carboxylic acids is 1. The van der Waals surface area contributed by atoms with Gasteiger partial charge in [-0.2, -0.15) is 0 Å². The molecule has 24 heavy (non-hydrogen) atoms. The van der Waals surface area contributed by atoms with Crippen molar-refractivity contribution in [2.24, 2.45) is 0 Å². The molecule has 2 aromatic carbocycles. The van der Waals surface area contributed by atoms with Gasteiger partial charge in [-0.15, -0.1) is 0 Å². The van der Waals surface area contributed by atoms with Crippen LogP contribution in [0.3, 0.4) is 0 Å². The summed E-state index contributed by atoms with van der Waals surface area (Å²) in [4.78, 5) is 22.8. The maximum Gasteiger partial charge on any atom is 0.296 e. The first-order valence-electron chi connectivity index (χ1n) is 6.92. The first-order chi connectivity index (χ1) is 11.4. The predicted octanol–water partition coefficient (Wildman–Crippen LogP) is 3.04. The van der Waals surface area contributed by atoms with E-state index >= 15 is 0 Å². The van der Waals surface area contributed by atoms with Crippen LogP contribution < -0.4 is 15.4 Å². The fourth-order valence-electron chi connectivity index (χ4n) is 2.05. The van der Waals surface area contributed by atoms with E-state index in [9.17, 15) is 14.9 Å². The van der Waals surface area contributed by atoms with E-state index in [0.29, 0.717) is 11.3 Å². The molecule has 0 unspecified atom stereocenters. The zero-order valence-electron chi connectivity index (χ0n) is 13.0. The summed E-state index contributed by atoms with van der Waals surface area (Å²) >= 11 is 5.07. The van der Waals surface area contributed by atoms with E-state index in [1.807, 2.05) is 6.07 Å². The molecule has 0 atom stereocenters. The van der Waals surface area contributed by atoms with Crippen molar-refractivity contribution in [1.29, 1.82) is 0 Å². The number of hydrogen-bond acceptors (Lipinski definition) is 5. The first kappa shape index (κ1) is 17.4. The molecule has 8 heteroatoms. The number of nitro benzene ring substituents is 1. The van der Waals surface area contributed by atoms with Gasteiger partial charge >= 0.3 is 0 Å². The van der Waals surface area contributed by atoms with Crippen LogP contribution in [-0.2, 0) is 0 Å². The Balaban J connectivity index is 2.14. The molecule has 1 amide bonds. The molecular weight excluding hydrogens is 330 g/mol. The highest BCUT2D eigenvalue weighted by molar-refractivity contribution is 7.80. The van der Waals surface area contributed by atoms with Crippen molar-refractivity contribution in [3.8, 4) is 5.75 Å². The molecule has 7 nitrogen and oxygen atoms in total. The van der Waals surface area contributed by atoms with Crippen LogP contribution in [0, 0.1) is 17.0 Å². The van der Waals surface area contributed by atoms with Crippen molar-refractivity contribution in [2.75, 3.05) is 12.4 Å². The Morgan fingerprint density at radius 2 is 1.96 bits per heavy atom. The summed E-state index contributed by atoms with van der Waals surface area (Å²) in [6.07, 6.45) is 0. The van der Waals surface area contributed by atoms with Gasteiger partial charge in [-0.1, -0.05) is 18.2 Å². The number of ether oxygens (including phenoxy) is 1. The second-order valence-electron chi connectivity index (χ2n) is 4.86. The fraction of sp³-hybridized carbons (Fsp3) is 0.125. The van der Waals surface area contributed by atoms with Gasteiger partial charge in [0.2, 0.25) is 0 Å². The molecule has 124 valence electrons. The molecule has 0 heterocycles. The lowest BCUT2D eigenvalue weighted by Crippen LogP contribution is -2.34. The van der Waals surface area contributed by atoms with Crippen molar-refractivity contribution in [3.63, 3.8) is 0 Å². The van der Waals surface area contributed by atoms with Crippen LogP contribution in [0.4, 0.5) is 11.4 Å². The predicted molar refractivity (Wildman–Crippen MR) is 94.5 cm³/mol. The number of hydrogen-bond donors (Lipinski definition) is 2. The average Bonchev–Trinajstić information content (AvgIpc) is 2.55. The van der Waals surface area contributed by atoms with Gasteiger partial charge in [0.15, 0.2) is 5.11 Å². The maximum absolute atomic E-state index is 12.2. The minimum absolute atomic E-state index is 0.0310. The topological polar surface area (TPSA) is 93.5 Å². The van der Waals surface area contributed by atoms with Crippen LogP contribution >= 0.6 is 12.2 Å². The molecule has 0 saturated carbocycles. The molecular formula is C16H15N3O4S. The van der Waals surface area contributed by atoms with E-state index in [1.165, 1.54) is 19.2 Å². The van der Waals surface area contributed by atoms with Gasteiger partial charge in [0.1, 0.15) is 11.4 Å². The lowest BCUT2D eigenvalue weighted by Gasteiger charge is -2.11. The Hall–Kier alpha value is -3.00. The fourth-order valence-corrected chi connectivity index (χ4v) is 2.25. The van der Waals surface area contributed by atoms with Crippen LogP contribution in [0.1, 0.15) is 15.9 Å². The molecule has 0 aromatic heterocycles. The summed E-state index contributed by atoms with van der Waals surface area (Å²) in [6, 6.07) is 11.3. The summed E-state index contributed by atoms with van der Waals surface area (Å²) in [7, 11) is 1.42. The lowest BCUT2D eigenvalue weighted by atomic mass is 10.1. The SMILES string of the molecule is COc1ccc(NC(=S)NC(=O)c2ccccc2C)c([N+](=O)[O-])c1. The molecule has 0 fully saturated rings. The molecule has 0 saturated heterocycles. The second-order valence-corrected chi connectivity index (χ2v) is 5.27. The standard InChI is InChI=1S/C16H15N3O4S/c1-10-5-3-4-6-12(10)15(20)18-16(24)17-13-8-7-11(23-2)9-14(13)19(21)22/h3-9H,1-2H3,(H2,17,18,20,24). The normalized spacial score (nSPS) is 9.92. The minimum Gasteiger partial charge on any atom is -0.496 e. The molecule has 0 radical (unpaired) electrons. The lowest BCUT2D eigenvalue weighted by molar-refractivity contribution is -0.384. The number of nitrogens with zero attached hydrogens (tertiary/aromatic N) is 1. The van der Waals surface area contributed by atoms with Gasteiger partial charge in [-0.05, 0) is 42.9 Å². The summed E-state index contributed by atoms with van der Waals surface area (Å²) in [5, 5.41) is 16.3. The van der Waals surface area contributed by atoms with Crippen LogP contribution in [0.5, 0.6) is 5.75 Å². The van der Waals surface area contributed by atoms with Crippen LogP contribution in [0.15, 0.2) is 42.5 Å². The van der Waals surface area contributed by atoms with E-state index in [0.717, 1.165) is 5.56 Å². The number of benzene rings is 2. The van der Waals surface area contributed by atoms with Gasteiger partial charge in [-0.25, -0.2) is 0 Å². The van der Waals surface area contributed by atoms with E-state index in [4.69, 9.17) is 17.0 Å². The van der Waals surface area contributed by atoms with Crippen molar-refractivity contribution < 1.29 is 14.5 Å². The number of nitro groups is 1. The van der Waals surface area contributed by atoms with Gasteiger partial charge in [-0.3, -0.25) is 20.2 Å². The highest BCUT2D eigenvalue weighted by Gasteiger charge is 2.17. The van der Waals surface area contributed by atoms with Gasteiger partial charge in [0.05, 0.1) is 18.1 Å². The third-order valence-electron chi connectivity index (χ3n) is 3.27. The minimum atomic E-state index is -0.559. The van der Waals surface area contributed by atoms with Crippen LogP contribution in [0.25, 0.3) is 0 Å². The molecule has 0 aliphatic rings. The van der Waals surface area contributed by atoms with E-state index in [2.05, 4.69) is 10.6 Å². The van der Waals surface area contributed by atoms with Crippen LogP contribution in [-0.4, -0.2) is 23.1 Å². The smallest absolute Gasteiger partial charge is 0.296 e. The number of anilines is 1. The number of nitrogens with one attached hydrogen (secondary N) is 2. The van der Waals surface area contributed by atoms with Gasteiger partial charge < -0.3 is 10.1 Å². The first-order valence-corrected chi connectivity index (χ1v) is 7.33. The number of thiocarbonyl (C=S) groups is 1. The second kappa shape index (κ2) is 7.51. The molecule has 0 bridgehead atoms. The Labute approximate surface area is 143 Å². The quantitative estimate of drug-likeness (QED) is 0.502. The highest BCUT2D eigenvalue weighted by Crippen LogP contribution is 2.28. The Morgan fingerprint density at radius 3 is 2.58 bits per heavy atom. The molecule has 2 N–H and O–H groups in total.